The van der Waals surface area contributed by atoms with Crippen molar-refractivity contribution in [3.8, 4) is 17.2 Å². The Balaban J connectivity index is 2.52. The maximum absolute atomic E-state index is 12.0. The molecule has 1 N–H and O–H groups in total. The Morgan fingerprint density at radius 1 is 1.42 bits per heavy atom. The molecule has 0 aliphatic carbocycles. The monoisotopic (exact) mass is 330 g/mol. The van der Waals surface area contributed by atoms with Crippen molar-refractivity contribution in [2.45, 2.75) is 6.92 Å². The molecule has 0 atom stereocenters. The van der Waals surface area contributed by atoms with E-state index in [-0.39, 0.29) is 34.7 Å². The zero-order chi connectivity index (χ0) is 14.0. The summed E-state index contributed by atoms with van der Waals surface area (Å²) in [5.41, 5.74) is -0.248. The van der Waals surface area contributed by atoms with E-state index >= 15 is 0 Å². The van der Waals surface area contributed by atoms with E-state index in [0.717, 1.165) is 0 Å². The number of halogens is 1. The number of aromatic hydroxyl groups is 1. The molecule has 0 fully saturated rings. The Morgan fingerprint density at radius 2 is 2.11 bits per heavy atom. The van der Waals surface area contributed by atoms with Crippen LogP contribution in [0, 0.1) is 0 Å². The maximum Gasteiger partial charge on any atom is 0.379 e. The predicted molar refractivity (Wildman–Crippen MR) is 67.8 cm³/mol. The van der Waals surface area contributed by atoms with Gasteiger partial charge in [0.05, 0.1) is 11.1 Å². The Hall–Kier alpha value is -1.76. The molecule has 19 heavy (non-hydrogen) atoms. The highest BCUT2D eigenvalue weighted by Gasteiger charge is 2.31. The van der Waals surface area contributed by atoms with Crippen molar-refractivity contribution in [1.82, 2.24) is 0 Å². The zero-order valence-corrected chi connectivity index (χ0v) is 11.7. The smallest absolute Gasteiger partial charge is 0.379 e. The van der Waals surface area contributed by atoms with Crippen LogP contribution < -0.4 is 9.47 Å². The number of phenolic OH excluding ortho intramolecular Hbond substituents is 1. The van der Waals surface area contributed by atoms with Crippen LogP contribution in [-0.2, 0) is 9.53 Å². The molecule has 1 heterocycles. The van der Waals surface area contributed by atoms with E-state index in [1.54, 1.807) is 6.92 Å². The Kier molecular flexibility index (Phi) is 3.94. The van der Waals surface area contributed by atoms with Crippen LogP contribution in [-0.4, -0.2) is 36.7 Å². The fourth-order valence-corrected chi connectivity index (χ4v) is 2.06. The van der Waals surface area contributed by atoms with Gasteiger partial charge in [-0.25, -0.2) is 4.79 Å². The Labute approximate surface area is 117 Å². The molecule has 1 aromatic rings. The van der Waals surface area contributed by atoms with E-state index in [2.05, 4.69) is 20.7 Å². The van der Waals surface area contributed by atoms with Crippen LogP contribution in [0.5, 0.6) is 17.2 Å². The van der Waals surface area contributed by atoms with Gasteiger partial charge in [-0.1, -0.05) is 0 Å². The number of fused-ring (bicyclic) bond motifs is 1. The second-order valence-corrected chi connectivity index (χ2v) is 4.51. The standard InChI is InChI=1S/C12H11BrO6/c1-2-17-12(16)10(15)8-9(14)6(13)5-7-11(8)19-4-3-18-7/h5,14H,2-4H2,1H3. The summed E-state index contributed by atoms with van der Waals surface area (Å²) in [5, 5.41) is 9.93. The average molecular weight is 331 g/mol. The Morgan fingerprint density at radius 3 is 2.79 bits per heavy atom. The highest BCUT2D eigenvalue weighted by molar-refractivity contribution is 9.10. The molecular formula is C12H11BrO6. The van der Waals surface area contributed by atoms with Crippen molar-refractivity contribution in [3.05, 3.63) is 16.1 Å². The molecule has 7 heteroatoms. The lowest BCUT2D eigenvalue weighted by atomic mass is 10.1. The van der Waals surface area contributed by atoms with Crippen LogP contribution in [0.2, 0.25) is 0 Å². The van der Waals surface area contributed by atoms with Crippen LogP contribution in [0.15, 0.2) is 10.5 Å². The van der Waals surface area contributed by atoms with Crippen LogP contribution in [0.25, 0.3) is 0 Å². The number of ketones is 1. The Bertz CT molecular complexity index is 540. The minimum Gasteiger partial charge on any atom is -0.506 e. The molecule has 1 aliphatic heterocycles. The summed E-state index contributed by atoms with van der Waals surface area (Å²) in [6.07, 6.45) is 0. The van der Waals surface area contributed by atoms with Crippen molar-refractivity contribution in [3.63, 3.8) is 0 Å². The molecular weight excluding hydrogens is 320 g/mol. The molecule has 2 rings (SSSR count). The normalized spacial score (nSPS) is 12.9. The number of carbonyl (C=O) groups excluding carboxylic acids is 2. The van der Waals surface area contributed by atoms with Crippen LogP contribution in [0.4, 0.5) is 0 Å². The van der Waals surface area contributed by atoms with Gasteiger partial charge >= 0.3 is 5.97 Å². The molecule has 1 aliphatic rings. The summed E-state index contributed by atoms with van der Waals surface area (Å²) in [6, 6.07) is 1.48. The van der Waals surface area contributed by atoms with Crippen LogP contribution >= 0.6 is 15.9 Å². The highest BCUT2D eigenvalue weighted by atomic mass is 79.9. The van der Waals surface area contributed by atoms with E-state index < -0.39 is 11.8 Å². The number of ether oxygens (including phenoxy) is 3. The number of phenols is 1. The van der Waals surface area contributed by atoms with Gasteiger partial charge in [0.1, 0.15) is 24.5 Å². The minimum absolute atomic E-state index is 0.0602. The molecule has 0 amide bonds. The van der Waals surface area contributed by atoms with Gasteiger partial charge in [0.2, 0.25) is 0 Å². The van der Waals surface area contributed by atoms with Crippen LogP contribution in [0.3, 0.4) is 0 Å². The van der Waals surface area contributed by atoms with E-state index in [1.165, 1.54) is 6.07 Å². The van der Waals surface area contributed by atoms with Gasteiger partial charge in [-0.3, -0.25) is 4.79 Å². The van der Waals surface area contributed by atoms with Gasteiger partial charge in [-0.2, -0.15) is 0 Å². The van der Waals surface area contributed by atoms with Crippen molar-refractivity contribution < 1.29 is 28.9 Å². The van der Waals surface area contributed by atoms with E-state index in [4.69, 9.17) is 9.47 Å². The van der Waals surface area contributed by atoms with E-state index in [1.807, 2.05) is 0 Å². The van der Waals surface area contributed by atoms with Gasteiger partial charge in [0, 0.05) is 6.07 Å². The zero-order valence-electron chi connectivity index (χ0n) is 10.1. The molecule has 0 bridgehead atoms. The van der Waals surface area contributed by atoms with Gasteiger partial charge in [-0.05, 0) is 22.9 Å². The number of esters is 1. The number of Topliss-reactive ketones (excluding diaryl/α,β-unsaturated/α-hetero) is 1. The third-order valence-electron chi connectivity index (χ3n) is 2.45. The fraction of sp³-hybridized carbons (Fsp3) is 0.333. The number of hydrogen-bond donors (Lipinski definition) is 1. The van der Waals surface area contributed by atoms with Gasteiger partial charge < -0.3 is 19.3 Å². The quantitative estimate of drug-likeness (QED) is 0.515. The lowest BCUT2D eigenvalue weighted by molar-refractivity contribution is -0.137. The van der Waals surface area contributed by atoms with Crippen molar-refractivity contribution in [2.75, 3.05) is 19.8 Å². The summed E-state index contributed by atoms with van der Waals surface area (Å²) in [6.45, 7) is 2.22. The lowest BCUT2D eigenvalue weighted by Gasteiger charge is -2.21. The molecule has 0 saturated heterocycles. The fourth-order valence-electron chi connectivity index (χ4n) is 1.65. The van der Waals surface area contributed by atoms with E-state index in [0.29, 0.717) is 12.4 Å². The molecule has 0 saturated carbocycles. The van der Waals surface area contributed by atoms with Crippen molar-refractivity contribution >= 4 is 27.7 Å². The largest absolute Gasteiger partial charge is 0.506 e. The average Bonchev–Trinajstić information content (AvgIpc) is 2.40. The summed E-state index contributed by atoms with van der Waals surface area (Å²) >= 11 is 3.09. The number of benzene rings is 1. The summed E-state index contributed by atoms with van der Waals surface area (Å²) < 4.78 is 15.5. The SMILES string of the molecule is CCOC(=O)C(=O)c1c(O)c(Br)cc2c1OCCO2. The molecule has 102 valence electrons. The third-order valence-corrected chi connectivity index (χ3v) is 3.05. The van der Waals surface area contributed by atoms with Gasteiger partial charge in [0.25, 0.3) is 5.78 Å². The summed E-state index contributed by atoms with van der Waals surface area (Å²) in [4.78, 5) is 23.5. The maximum atomic E-state index is 12.0. The predicted octanol–water partition coefficient (Wildman–Crippen LogP) is 1.67. The minimum atomic E-state index is -1.05. The first-order chi connectivity index (χ1) is 9.06. The molecule has 0 radical (unpaired) electrons. The van der Waals surface area contributed by atoms with Crippen molar-refractivity contribution in [2.24, 2.45) is 0 Å². The molecule has 0 unspecified atom stereocenters. The number of carbonyl (C=O) groups is 2. The second-order valence-electron chi connectivity index (χ2n) is 3.66. The number of hydrogen-bond acceptors (Lipinski definition) is 6. The van der Waals surface area contributed by atoms with Crippen molar-refractivity contribution in [1.29, 1.82) is 0 Å². The molecule has 1 aromatic carbocycles. The molecule has 0 spiro atoms. The lowest BCUT2D eigenvalue weighted by Crippen LogP contribution is -2.22. The topological polar surface area (TPSA) is 82.1 Å². The molecule has 6 nitrogen and oxygen atoms in total. The van der Waals surface area contributed by atoms with Gasteiger partial charge in [-0.15, -0.1) is 0 Å². The first kappa shape index (κ1) is 13.7. The second kappa shape index (κ2) is 5.48. The summed E-state index contributed by atoms with van der Waals surface area (Å²) in [5.74, 6) is -2.04. The number of rotatable bonds is 3. The highest BCUT2D eigenvalue weighted by Crippen LogP contribution is 2.44. The summed E-state index contributed by atoms with van der Waals surface area (Å²) in [7, 11) is 0. The van der Waals surface area contributed by atoms with E-state index in [9.17, 15) is 14.7 Å². The van der Waals surface area contributed by atoms with Gasteiger partial charge in [0.15, 0.2) is 11.5 Å². The first-order valence-corrected chi connectivity index (χ1v) is 6.38. The third kappa shape index (κ3) is 2.51. The van der Waals surface area contributed by atoms with Crippen LogP contribution in [0.1, 0.15) is 17.3 Å². The first-order valence-electron chi connectivity index (χ1n) is 5.58. The molecule has 0 aromatic heterocycles.